The first-order chi connectivity index (χ1) is 18.6. The summed E-state index contributed by atoms with van der Waals surface area (Å²) in [6.07, 6.45) is 42.1. The molecule has 0 aliphatic heterocycles. The third kappa shape index (κ3) is 30.1. The van der Waals surface area contributed by atoms with Crippen LogP contribution in [0.2, 0.25) is 0 Å². The van der Waals surface area contributed by atoms with Gasteiger partial charge in [-0.1, -0.05) is 144 Å². The largest absolute Gasteiger partial charge is 0.481 e. The first kappa shape index (κ1) is 35.8. The van der Waals surface area contributed by atoms with E-state index in [2.05, 4.69) is 31.2 Å². The lowest BCUT2D eigenvalue weighted by Gasteiger charge is -2.02. The maximum Gasteiger partial charge on any atom is 0.303 e. The number of carboxylic acids is 1. The number of carbonyl (C=O) groups is 1. The molecule has 0 aliphatic rings. The van der Waals surface area contributed by atoms with Gasteiger partial charge in [-0.15, -0.1) is 0 Å². The zero-order valence-electron chi connectivity index (χ0n) is 24.1. The van der Waals surface area contributed by atoms with Crippen molar-refractivity contribution in [3.05, 3.63) is 72.9 Å². The molecule has 1 unspecified atom stereocenters. The molecular weight excluding hydrogens is 472 g/mol. The summed E-state index contributed by atoms with van der Waals surface area (Å²) in [4.78, 5) is 10.5. The fourth-order valence-electron chi connectivity index (χ4n) is 4.00. The molecule has 0 saturated carbocycles. The molecule has 2 atom stereocenters. The number of unbranched alkanes of at least 4 members (excludes halogenated alkanes) is 12. The summed E-state index contributed by atoms with van der Waals surface area (Å²) in [7, 11) is 0. The van der Waals surface area contributed by atoms with Crippen molar-refractivity contribution in [3.63, 3.8) is 0 Å². The van der Waals surface area contributed by atoms with Crippen molar-refractivity contribution >= 4 is 5.97 Å². The number of aliphatic hydroxyl groups is 2. The van der Waals surface area contributed by atoms with E-state index in [0.29, 0.717) is 19.3 Å². The van der Waals surface area contributed by atoms with Gasteiger partial charge in [-0.3, -0.25) is 4.79 Å². The predicted octanol–water partition coefficient (Wildman–Crippen LogP) is 9.17. The number of allylic oxidation sites excluding steroid dienone is 8. The normalized spacial score (nSPS) is 14.4. The Labute approximate surface area is 233 Å². The molecule has 0 aliphatic carbocycles. The van der Waals surface area contributed by atoms with E-state index in [1.807, 2.05) is 36.5 Å². The van der Waals surface area contributed by atoms with Crippen molar-refractivity contribution in [2.45, 2.75) is 135 Å². The summed E-state index contributed by atoms with van der Waals surface area (Å²) in [6.45, 7) is 2.07. The SMILES string of the molecule is CC/C=C\C[C@H](O)\C=C/C=C/C=C/C(O)C/C=C/C/C=C/CCCCCCCCCCCCCCC(=O)O. The van der Waals surface area contributed by atoms with Gasteiger partial charge in [-0.05, 0) is 44.9 Å². The van der Waals surface area contributed by atoms with E-state index in [1.165, 1.54) is 64.2 Å². The molecule has 3 N–H and O–H groups in total. The molecule has 0 saturated heterocycles. The molecule has 0 heterocycles. The lowest BCUT2D eigenvalue weighted by atomic mass is 10.0. The number of carboxylic acid groups (broad SMARTS) is 1. The summed E-state index contributed by atoms with van der Waals surface area (Å²) in [6, 6.07) is 0. The van der Waals surface area contributed by atoms with Crippen molar-refractivity contribution in [1.82, 2.24) is 0 Å². The second-order valence-electron chi connectivity index (χ2n) is 9.99. The van der Waals surface area contributed by atoms with E-state index in [1.54, 1.807) is 12.2 Å². The minimum atomic E-state index is -0.672. The van der Waals surface area contributed by atoms with Gasteiger partial charge in [0.15, 0.2) is 0 Å². The Bertz CT molecular complexity index is 699. The molecule has 0 aromatic rings. The van der Waals surface area contributed by atoms with Crippen LogP contribution in [0.1, 0.15) is 122 Å². The van der Waals surface area contributed by atoms with Crippen LogP contribution in [0.3, 0.4) is 0 Å². The Hall–Kier alpha value is -2.17. The van der Waals surface area contributed by atoms with Crippen molar-refractivity contribution in [1.29, 1.82) is 0 Å². The highest BCUT2D eigenvalue weighted by atomic mass is 16.4. The summed E-state index contributed by atoms with van der Waals surface area (Å²) >= 11 is 0. The fraction of sp³-hybridized carbons (Fsp3) is 0.618. The van der Waals surface area contributed by atoms with E-state index in [9.17, 15) is 15.0 Å². The predicted molar refractivity (Wildman–Crippen MR) is 163 cm³/mol. The molecule has 0 spiro atoms. The van der Waals surface area contributed by atoms with Crippen LogP contribution in [0, 0.1) is 0 Å². The summed E-state index contributed by atoms with van der Waals surface area (Å²) in [5.74, 6) is -0.672. The van der Waals surface area contributed by atoms with Gasteiger partial charge in [-0.25, -0.2) is 0 Å². The fourth-order valence-corrected chi connectivity index (χ4v) is 4.00. The minimum Gasteiger partial charge on any atom is -0.481 e. The molecule has 0 amide bonds. The molecular formula is C34H56O4. The number of aliphatic hydroxyl groups excluding tert-OH is 2. The molecule has 216 valence electrons. The van der Waals surface area contributed by atoms with Crippen LogP contribution in [-0.4, -0.2) is 33.5 Å². The Morgan fingerprint density at radius 2 is 1.03 bits per heavy atom. The molecule has 4 nitrogen and oxygen atoms in total. The highest BCUT2D eigenvalue weighted by Crippen LogP contribution is 2.13. The van der Waals surface area contributed by atoms with Crippen LogP contribution in [0.15, 0.2) is 72.9 Å². The molecule has 0 aromatic heterocycles. The maximum atomic E-state index is 10.5. The monoisotopic (exact) mass is 528 g/mol. The molecule has 0 fully saturated rings. The van der Waals surface area contributed by atoms with E-state index >= 15 is 0 Å². The third-order valence-electron chi connectivity index (χ3n) is 6.27. The van der Waals surface area contributed by atoms with Gasteiger partial charge < -0.3 is 15.3 Å². The smallest absolute Gasteiger partial charge is 0.303 e. The van der Waals surface area contributed by atoms with Gasteiger partial charge in [0.05, 0.1) is 12.2 Å². The van der Waals surface area contributed by atoms with Gasteiger partial charge in [0.25, 0.3) is 0 Å². The van der Waals surface area contributed by atoms with Gasteiger partial charge in [-0.2, -0.15) is 0 Å². The van der Waals surface area contributed by atoms with Crippen LogP contribution in [0.4, 0.5) is 0 Å². The molecule has 0 rings (SSSR count). The van der Waals surface area contributed by atoms with Crippen LogP contribution in [0.5, 0.6) is 0 Å². The zero-order chi connectivity index (χ0) is 27.9. The number of rotatable bonds is 26. The Morgan fingerprint density at radius 3 is 1.53 bits per heavy atom. The summed E-state index contributed by atoms with van der Waals surface area (Å²) in [5.41, 5.74) is 0. The van der Waals surface area contributed by atoms with Gasteiger partial charge >= 0.3 is 5.97 Å². The Morgan fingerprint density at radius 1 is 0.579 bits per heavy atom. The first-order valence-corrected chi connectivity index (χ1v) is 15.1. The average molecular weight is 529 g/mol. The van der Waals surface area contributed by atoms with Crippen LogP contribution in [0.25, 0.3) is 0 Å². The third-order valence-corrected chi connectivity index (χ3v) is 6.27. The highest BCUT2D eigenvalue weighted by Gasteiger charge is 1.97. The molecule has 0 radical (unpaired) electrons. The van der Waals surface area contributed by atoms with Crippen molar-refractivity contribution in [2.75, 3.05) is 0 Å². The lowest BCUT2D eigenvalue weighted by Crippen LogP contribution is -1.98. The Kier molecular flexibility index (Phi) is 27.7. The summed E-state index contributed by atoms with van der Waals surface area (Å²) in [5, 5.41) is 28.4. The topological polar surface area (TPSA) is 77.8 Å². The van der Waals surface area contributed by atoms with E-state index in [0.717, 1.165) is 32.1 Å². The Balaban J connectivity index is 3.53. The zero-order valence-corrected chi connectivity index (χ0v) is 24.1. The second-order valence-corrected chi connectivity index (χ2v) is 9.99. The van der Waals surface area contributed by atoms with Gasteiger partial charge in [0, 0.05) is 6.42 Å². The van der Waals surface area contributed by atoms with Crippen LogP contribution in [-0.2, 0) is 4.79 Å². The number of aliphatic carboxylic acids is 1. The van der Waals surface area contributed by atoms with Gasteiger partial charge in [0.1, 0.15) is 0 Å². The quantitative estimate of drug-likeness (QED) is 0.0594. The first-order valence-electron chi connectivity index (χ1n) is 15.1. The standard InChI is InChI=1S/C34H56O4/c1-2-3-22-27-32(35)29-24-20-21-25-30-33(36)28-23-18-16-14-12-10-8-6-4-5-7-9-11-13-15-17-19-26-31-34(37)38/h3,12,14,18,20-25,29-30,32-33,35-36H,2,4-11,13,15-17,19,26-28,31H2,1H3,(H,37,38)/b14-12+,21-20+,22-3-,23-18+,29-24-,30-25+/t32-,33?/m0/s1. The van der Waals surface area contributed by atoms with E-state index < -0.39 is 18.2 Å². The van der Waals surface area contributed by atoms with Crippen molar-refractivity contribution in [2.24, 2.45) is 0 Å². The number of hydrogen-bond acceptors (Lipinski definition) is 3. The molecule has 38 heavy (non-hydrogen) atoms. The number of hydrogen-bond donors (Lipinski definition) is 3. The van der Waals surface area contributed by atoms with Gasteiger partial charge in [0.2, 0.25) is 0 Å². The summed E-state index contributed by atoms with van der Waals surface area (Å²) < 4.78 is 0. The minimum absolute atomic E-state index is 0.319. The van der Waals surface area contributed by atoms with Crippen LogP contribution >= 0.6 is 0 Å². The van der Waals surface area contributed by atoms with Crippen molar-refractivity contribution < 1.29 is 20.1 Å². The van der Waals surface area contributed by atoms with Crippen LogP contribution < -0.4 is 0 Å². The maximum absolute atomic E-state index is 10.5. The van der Waals surface area contributed by atoms with E-state index in [4.69, 9.17) is 5.11 Å². The molecule has 0 bridgehead atoms. The highest BCUT2D eigenvalue weighted by molar-refractivity contribution is 5.66. The van der Waals surface area contributed by atoms with E-state index in [-0.39, 0.29) is 0 Å². The average Bonchev–Trinajstić information content (AvgIpc) is 2.89. The second kappa shape index (κ2) is 29.4. The van der Waals surface area contributed by atoms with Crippen molar-refractivity contribution in [3.8, 4) is 0 Å². The lowest BCUT2D eigenvalue weighted by molar-refractivity contribution is -0.137. The molecule has 0 aromatic carbocycles. The molecule has 4 heteroatoms.